The van der Waals surface area contributed by atoms with Gasteiger partial charge in [0, 0.05) is 18.2 Å². The maximum atomic E-state index is 12.5. The molecule has 23 heavy (non-hydrogen) atoms. The summed E-state index contributed by atoms with van der Waals surface area (Å²) in [6.07, 6.45) is 7.51. The van der Waals surface area contributed by atoms with Gasteiger partial charge in [0.1, 0.15) is 5.60 Å². The zero-order valence-electron chi connectivity index (χ0n) is 14.9. The van der Waals surface area contributed by atoms with Crippen molar-refractivity contribution in [3.05, 3.63) is 35.6 Å². The van der Waals surface area contributed by atoms with Crippen LogP contribution in [0.15, 0.2) is 35.6 Å². The molecule has 0 bridgehead atoms. The van der Waals surface area contributed by atoms with E-state index in [-0.39, 0.29) is 18.3 Å². The molecular formula is C18H27NO4. The van der Waals surface area contributed by atoms with Crippen molar-refractivity contribution in [2.24, 2.45) is 5.92 Å². The lowest BCUT2D eigenvalue weighted by Crippen LogP contribution is -2.38. The number of hydrogen-bond acceptors (Lipinski definition) is 4. The van der Waals surface area contributed by atoms with Crippen molar-refractivity contribution in [2.75, 3.05) is 13.7 Å². The van der Waals surface area contributed by atoms with Crippen molar-refractivity contribution in [1.29, 1.82) is 0 Å². The number of methoxy groups -OCH3 is 1. The molecule has 1 rings (SSSR count). The lowest BCUT2D eigenvalue weighted by Gasteiger charge is -2.29. The van der Waals surface area contributed by atoms with Gasteiger partial charge in [0.05, 0.1) is 13.5 Å². The van der Waals surface area contributed by atoms with Crippen molar-refractivity contribution in [3.63, 3.8) is 0 Å². The Kier molecular flexibility index (Phi) is 6.61. The predicted molar refractivity (Wildman–Crippen MR) is 89.7 cm³/mol. The van der Waals surface area contributed by atoms with Crippen molar-refractivity contribution in [1.82, 2.24) is 4.90 Å². The number of nitrogens with zero attached hydrogens (tertiary/aromatic N) is 1. The minimum atomic E-state index is -0.575. The minimum Gasteiger partial charge on any atom is -0.469 e. The Labute approximate surface area is 138 Å². The smallest absolute Gasteiger partial charge is 0.414 e. The number of carbonyl (C=O) groups excluding carboxylic acids is 2. The molecule has 0 saturated carbocycles. The first-order chi connectivity index (χ1) is 10.6. The third-order valence-electron chi connectivity index (χ3n) is 3.29. The van der Waals surface area contributed by atoms with Gasteiger partial charge in [-0.2, -0.15) is 0 Å². The molecule has 0 saturated heterocycles. The van der Waals surface area contributed by atoms with Gasteiger partial charge in [-0.05, 0) is 46.3 Å². The molecule has 0 N–H and O–H groups in total. The fraction of sp³-hybridized carbons (Fsp3) is 0.556. The number of allylic oxidation sites excluding steroid dienone is 5. The lowest BCUT2D eigenvalue weighted by molar-refractivity contribution is -0.141. The Morgan fingerprint density at radius 1 is 1.30 bits per heavy atom. The van der Waals surface area contributed by atoms with E-state index in [2.05, 4.69) is 0 Å². The van der Waals surface area contributed by atoms with E-state index in [9.17, 15) is 9.59 Å². The van der Waals surface area contributed by atoms with E-state index < -0.39 is 11.7 Å². The van der Waals surface area contributed by atoms with E-state index in [1.807, 2.05) is 58.9 Å². The van der Waals surface area contributed by atoms with Crippen LogP contribution in [0, 0.1) is 5.92 Å². The van der Waals surface area contributed by atoms with Gasteiger partial charge in [0.15, 0.2) is 0 Å². The molecule has 1 aliphatic heterocycles. The Bertz CT molecular complexity index is 538. The van der Waals surface area contributed by atoms with Crippen molar-refractivity contribution >= 4 is 12.1 Å². The summed E-state index contributed by atoms with van der Waals surface area (Å²) in [4.78, 5) is 25.7. The molecule has 5 heteroatoms. The summed E-state index contributed by atoms with van der Waals surface area (Å²) < 4.78 is 10.2. The van der Waals surface area contributed by atoms with E-state index in [0.717, 1.165) is 11.3 Å². The normalized spacial score (nSPS) is 25.0. The number of ether oxygens (including phenoxy) is 2. The van der Waals surface area contributed by atoms with Crippen LogP contribution in [0.1, 0.15) is 41.0 Å². The van der Waals surface area contributed by atoms with Crippen LogP contribution in [0.25, 0.3) is 0 Å². The topological polar surface area (TPSA) is 55.8 Å². The molecule has 0 aromatic heterocycles. The highest BCUT2D eigenvalue weighted by Crippen LogP contribution is 2.20. The SMILES string of the molecule is COC(=O)CC1/C=C/C=C(C)\C=C(/C)N(C(=O)OC(C)(C)C)C1. The summed E-state index contributed by atoms with van der Waals surface area (Å²) in [7, 11) is 1.36. The first kappa shape index (κ1) is 19.0. The summed E-state index contributed by atoms with van der Waals surface area (Å²) in [6.45, 7) is 9.68. The largest absolute Gasteiger partial charge is 0.469 e. The van der Waals surface area contributed by atoms with Crippen molar-refractivity contribution in [3.8, 4) is 0 Å². The van der Waals surface area contributed by atoms with E-state index in [0.29, 0.717) is 6.54 Å². The first-order valence-corrected chi connectivity index (χ1v) is 7.73. The zero-order valence-corrected chi connectivity index (χ0v) is 14.9. The van der Waals surface area contributed by atoms with Gasteiger partial charge in [-0.15, -0.1) is 0 Å². The monoisotopic (exact) mass is 321 g/mol. The number of esters is 1. The second-order valence-electron chi connectivity index (χ2n) is 6.71. The zero-order chi connectivity index (χ0) is 17.6. The molecule has 5 nitrogen and oxygen atoms in total. The molecule has 1 unspecified atom stereocenters. The average molecular weight is 321 g/mol. The minimum absolute atomic E-state index is 0.138. The third-order valence-corrected chi connectivity index (χ3v) is 3.29. The second kappa shape index (κ2) is 7.99. The van der Waals surface area contributed by atoms with Crippen molar-refractivity contribution < 1.29 is 19.1 Å². The summed E-state index contributed by atoms with van der Waals surface area (Å²) in [5.74, 6) is -0.439. The van der Waals surface area contributed by atoms with Crippen LogP contribution in [0.3, 0.4) is 0 Å². The number of amides is 1. The number of rotatable bonds is 2. The third kappa shape index (κ3) is 6.72. The molecule has 0 radical (unpaired) electrons. The molecule has 0 spiro atoms. The molecule has 0 aromatic carbocycles. The fourth-order valence-electron chi connectivity index (χ4n) is 2.22. The average Bonchev–Trinajstić information content (AvgIpc) is 2.47. The molecule has 1 amide bonds. The quantitative estimate of drug-likeness (QED) is 0.725. The molecule has 0 fully saturated rings. The Hall–Kier alpha value is -2.04. The fourth-order valence-corrected chi connectivity index (χ4v) is 2.22. The summed E-state index contributed by atoms with van der Waals surface area (Å²) in [6, 6.07) is 0. The highest BCUT2D eigenvalue weighted by Gasteiger charge is 2.26. The molecular weight excluding hydrogens is 294 g/mol. The van der Waals surface area contributed by atoms with E-state index in [1.54, 1.807) is 4.90 Å². The van der Waals surface area contributed by atoms with Gasteiger partial charge in [0.2, 0.25) is 0 Å². The summed E-state index contributed by atoms with van der Waals surface area (Å²) in [5, 5.41) is 0. The van der Waals surface area contributed by atoms with Crippen LogP contribution >= 0.6 is 0 Å². The van der Waals surface area contributed by atoms with Crippen LogP contribution in [0.5, 0.6) is 0 Å². The molecule has 128 valence electrons. The van der Waals surface area contributed by atoms with E-state index in [4.69, 9.17) is 9.47 Å². The van der Waals surface area contributed by atoms with Gasteiger partial charge in [-0.1, -0.05) is 18.2 Å². The maximum Gasteiger partial charge on any atom is 0.414 e. The van der Waals surface area contributed by atoms with Crippen LogP contribution in [0.2, 0.25) is 0 Å². The van der Waals surface area contributed by atoms with Gasteiger partial charge in [-0.3, -0.25) is 9.69 Å². The highest BCUT2D eigenvalue weighted by molar-refractivity contribution is 5.72. The van der Waals surface area contributed by atoms with Crippen molar-refractivity contribution in [2.45, 2.75) is 46.6 Å². The van der Waals surface area contributed by atoms with Crippen LogP contribution < -0.4 is 0 Å². The molecule has 1 aliphatic rings. The Morgan fingerprint density at radius 3 is 2.52 bits per heavy atom. The lowest BCUT2D eigenvalue weighted by atomic mass is 10.0. The van der Waals surface area contributed by atoms with E-state index >= 15 is 0 Å². The van der Waals surface area contributed by atoms with Gasteiger partial charge >= 0.3 is 12.1 Å². The molecule has 1 atom stereocenters. The van der Waals surface area contributed by atoms with Crippen LogP contribution in [-0.2, 0) is 14.3 Å². The second-order valence-corrected chi connectivity index (χ2v) is 6.71. The van der Waals surface area contributed by atoms with Gasteiger partial charge in [-0.25, -0.2) is 4.79 Å². The number of hydrogen-bond donors (Lipinski definition) is 0. The Balaban J connectivity index is 3.07. The van der Waals surface area contributed by atoms with E-state index in [1.165, 1.54) is 7.11 Å². The first-order valence-electron chi connectivity index (χ1n) is 7.73. The molecule has 0 aliphatic carbocycles. The molecule has 1 heterocycles. The summed E-state index contributed by atoms with van der Waals surface area (Å²) in [5.41, 5.74) is 1.23. The maximum absolute atomic E-state index is 12.5. The van der Waals surface area contributed by atoms with Gasteiger partial charge in [0.25, 0.3) is 0 Å². The molecule has 0 aromatic rings. The van der Waals surface area contributed by atoms with Crippen LogP contribution in [-0.4, -0.2) is 36.2 Å². The Morgan fingerprint density at radius 2 is 1.96 bits per heavy atom. The number of carbonyl (C=O) groups is 2. The highest BCUT2D eigenvalue weighted by atomic mass is 16.6. The summed E-state index contributed by atoms with van der Waals surface area (Å²) >= 11 is 0. The standard InChI is InChI=1S/C18H27NO4/c1-13-8-7-9-15(11-16(20)22-6)12-19(14(2)10-13)17(21)23-18(3,4)5/h7-10,15H,11-12H2,1-6H3/b9-7+,13-8-,14-10+. The van der Waals surface area contributed by atoms with Crippen LogP contribution in [0.4, 0.5) is 4.79 Å². The predicted octanol–water partition coefficient (Wildman–Crippen LogP) is 3.82. The van der Waals surface area contributed by atoms with Gasteiger partial charge < -0.3 is 9.47 Å².